The molecule has 1 amide bonds. The summed E-state index contributed by atoms with van der Waals surface area (Å²) in [6, 6.07) is 6.34. The summed E-state index contributed by atoms with van der Waals surface area (Å²) in [4.78, 5) is 17.7. The SMILES string of the molecule is Cc1ccc(C(=O)N[C@@H](C)CCN2CCCCCC2)cc1N1CCCC1. The minimum Gasteiger partial charge on any atom is -0.371 e. The van der Waals surface area contributed by atoms with Crippen LogP contribution in [0.5, 0.6) is 0 Å². The average Bonchev–Trinajstić information content (AvgIpc) is 3.04. The fourth-order valence-corrected chi connectivity index (χ4v) is 4.16. The number of nitrogens with zero attached hydrogens (tertiary/aromatic N) is 2. The smallest absolute Gasteiger partial charge is 0.251 e. The van der Waals surface area contributed by atoms with E-state index in [-0.39, 0.29) is 11.9 Å². The van der Waals surface area contributed by atoms with Crippen molar-refractivity contribution in [3.05, 3.63) is 29.3 Å². The van der Waals surface area contributed by atoms with Gasteiger partial charge in [0.2, 0.25) is 0 Å². The van der Waals surface area contributed by atoms with Crippen molar-refractivity contribution < 1.29 is 4.79 Å². The third kappa shape index (κ3) is 5.23. The van der Waals surface area contributed by atoms with E-state index in [0.717, 1.165) is 31.6 Å². The van der Waals surface area contributed by atoms with Gasteiger partial charge in [0.1, 0.15) is 0 Å². The van der Waals surface area contributed by atoms with Gasteiger partial charge >= 0.3 is 0 Å². The lowest BCUT2D eigenvalue weighted by Crippen LogP contribution is -2.36. The number of aryl methyl sites for hydroxylation is 1. The lowest BCUT2D eigenvalue weighted by Gasteiger charge is -2.23. The van der Waals surface area contributed by atoms with Crippen LogP contribution in [0, 0.1) is 6.92 Å². The fraction of sp³-hybridized carbons (Fsp3) is 0.682. The number of amides is 1. The number of hydrogen-bond donors (Lipinski definition) is 1. The third-order valence-electron chi connectivity index (χ3n) is 5.87. The molecule has 26 heavy (non-hydrogen) atoms. The Balaban J connectivity index is 1.52. The zero-order valence-electron chi connectivity index (χ0n) is 16.6. The van der Waals surface area contributed by atoms with E-state index in [1.165, 1.54) is 62.9 Å². The summed E-state index contributed by atoms with van der Waals surface area (Å²) in [6.07, 6.45) is 8.92. The predicted molar refractivity (Wildman–Crippen MR) is 109 cm³/mol. The average molecular weight is 358 g/mol. The van der Waals surface area contributed by atoms with Gasteiger partial charge in [-0.15, -0.1) is 0 Å². The van der Waals surface area contributed by atoms with Crippen molar-refractivity contribution in [2.45, 2.75) is 64.8 Å². The van der Waals surface area contributed by atoms with E-state index in [0.29, 0.717) is 0 Å². The maximum atomic E-state index is 12.7. The molecule has 0 unspecified atom stereocenters. The first-order valence-corrected chi connectivity index (χ1v) is 10.5. The third-order valence-corrected chi connectivity index (χ3v) is 5.87. The van der Waals surface area contributed by atoms with E-state index in [9.17, 15) is 4.79 Å². The van der Waals surface area contributed by atoms with Crippen LogP contribution in [-0.2, 0) is 0 Å². The van der Waals surface area contributed by atoms with Crippen molar-refractivity contribution in [3.63, 3.8) is 0 Å². The monoisotopic (exact) mass is 357 g/mol. The molecule has 2 heterocycles. The predicted octanol–water partition coefficient (Wildman–Crippen LogP) is 3.98. The Kier molecular flexibility index (Phi) is 6.95. The highest BCUT2D eigenvalue weighted by molar-refractivity contribution is 5.95. The van der Waals surface area contributed by atoms with E-state index in [1.54, 1.807) is 0 Å². The van der Waals surface area contributed by atoms with Crippen LogP contribution in [0.25, 0.3) is 0 Å². The van der Waals surface area contributed by atoms with Crippen molar-refractivity contribution in [1.29, 1.82) is 0 Å². The Hall–Kier alpha value is -1.55. The summed E-state index contributed by atoms with van der Waals surface area (Å²) in [6.45, 7) is 10.0. The molecular formula is C22H35N3O. The number of benzene rings is 1. The second-order valence-electron chi connectivity index (χ2n) is 8.11. The molecule has 1 atom stereocenters. The van der Waals surface area contributed by atoms with E-state index < -0.39 is 0 Å². The molecule has 2 saturated heterocycles. The molecule has 1 N–H and O–H groups in total. The summed E-state index contributed by atoms with van der Waals surface area (Å²) in [5.41, 5.74) is 3.28. The van der Waals surface area contributed by atoms with Crippen LogP contribution in [-0.4, -0.2) is 49.6 Å². The van der Waals surface area contributed by atoms with E-state index >= 15 is 0 Å². The molecular weight excluding hydrogens is 322 g/mol. The molecule has 0 aliphatic carbocycles. The van der Waals surface area contributed by atoms with Crippen LogP contribution >= 0.6 is 0 Å². The second kappa shape index (κ2) is 9.40. The quantitative estimate of drug-likeness (QED) is 0.836. The van der Waals surface area contributed by atoms with Crippen LogP contribution in [0.1, 0.15) is 67.8 Å². The normalized spacial score (nSPS) is 20.0. The van der Waals surface area contributed by atoms with Crippen LogP contribution in [0.4, 0.5) is 5.69 Å². The molecule has 0 aromatic heterocycles. The lowest BCUT2D eigenvalue weighted by atomic mass is 10.1. The number of hydrogen-bond acceptors (Lipinski definition) is 3. The molecule has 1 aromatic carbocycles. The molecule has 0 bridgehead atoms. The summed E-state index contributed by atoms with van der Waals surface area (Å²) >= 11 is 0. The standard InChI is InChI=1S/C22H35N3O/c1-18-9-10-20(17-21(18)25-14-7-8-15-25)22(26)23-19(2)11-16-24-12-5-3-4-6-13-24/h9-10,17,19H,3-8,11-16H2,1-2H3,(H,23,26)/t19-/m0/s1. The molecule has 4 nitrogen and oxygen atoms in total. The first-order valence-electron chi connectivity index (χ1n) is 10.5. The van der Waals surface area contributed by atoms with Gasteiger partial charge < -0.3 is 15.1 Å². The van der Waals surface area contributed by atoms with Gasteiger partial charge in [0.05, 0.1) is 0 Å². The van der Waals surface area contributed by atoms with E-state index in [2.05, 4.69) is 41.1 Å². The zero-order chi connectivity index (χ0) is 18.4. The van der Waals surface area contributed by atoms with Crippen LogP contribution in [0.3, 0.4) is 0 Å². The zero-order valence-corrected chi connectivity index (χ0v) is 16.6. The topological polar surface area (TPSA) is 35.6 Å². The van der Waals surface area contributed by atoms with E-state index in [4.69, 9.17) is 0 Å². The second-order valence-corrected chi connectivity index (χ2v) is 8.11. The minimum absolute atomic E-state index is 0.0637. The highest BCUT2D eigenvalue weighted by Crippen LogP contribution is 2.25. The van der Waals surface area contributed by atoms with Gasteiger partial charge in [-0.1, -0.05) is 18.9 Å². The molecule has 2 aliphatic heterocycles. The van der Waals surface area contributed by atoms with Crippen molar-refractivity contribution in [3.8, 4) is 0 Å². The Morgan fingerprint density at radius 3 is 2.38 bits per heavy atom. The minimum atomic E-state index is 0.0637. The summed E-state index contributed by atoms with van der Waals surface area (Å²) in [7, 11) is 0. The van der Waals surface area contributed by atoms with Gasteiger partial charge in [0.25, 0.3) is 5.91 Å². The number of carbonyl (C=O) groups is 1. The highest BCUT2D eigenvalue weighted by atomic mass is 16.1. The molecule has 2 aliphatic rings. The first-order chi connectivity index (χ1) is 12.6. The summed E-state index contributed by atoms with van der Waals surface area (Å²) < 4.78 is 0. The summed E-state index contributed by atoms with van der Waals surface area (Å²) in [5, 5.41) is 3.20. The Morgan fingerprint density at radius 1 is 1.04 bits per heavy atom. The van der Waals surface area contributed by atoms with Crippen molar-refractivity contribution in [2.24, 2.45) is 0 Å². The van der Waals surface area contributed by atoms with Crippen molar-refractivity contribution in [1.82, 2.24) is 10.2 Å². The lowest BCUT2D eigenvalue weighted by molar-refractivity contribution is 0.0935. The Bertz CT molecular complexity index is 587. The molecule has 4 heteroatoms. The maximum Gasteiger partial charge on any atom is 0.251 e. The van der Waals surface area contributed by atoms with Crippen molar-refractivity contribution >= 4 is 11.6 Å². The number of likely N-dealkylation sites (tertiary alicyclic amines) is 1. The molecule has 2 fully saturated rings. The highest BCUT2D eigenvalue weighted by Gasteiger charge is 2.18. The van der Waals surface area contributed by atoms with Gasteiger partial charge in [-0.25, -0.2) is 0 Å². The van der Waals surface area contributed by atoms with Gasteiger partial charge in [0.15, 0.2) is 0 Å². The van der Waals surface area contributed by atoms with Gasteiger partial charge in [-0.3, -0.25) is 4.79 Å². The first kappa shape index (κ1) is 19.2. The number of rotatable bonds is 6. The van der Waals surface area contributed by atoms with Crippen LogP contribution in [0.2, 0.25) is 0 Å². The maximum absolute atomic E-state index is 12.7. The van der Waals surface area contributed by atoms with Gasteiger partial charge in [-0.2, -0.15) is 0 Å². The van der Waals surface area contributed by atoms with E-state index in [1.807, 2.05) is 6.07 Å². The summed E-state index contributed by atoms with van der Waals surface area (Å²) in [5.74, 6) is 0.0637. The van der Waals surface area contributed by atoms with Gasteiger partial charge in [-0.05, 0) is 76.7 Å². The largest absolute Gasteiger partial charge is 0.371 e. The number of carbonyl (C=O) groups excluding carboxylic acids is 1. The molecule has 0 radical (unpaired) electrons. The molecule has 3 rings (SSSR count). The molecule has 0 spiro atoms. The Labute approximate surface area is 158 Å². The van der Waals surface area contributed by atoms with Crippen LogP contribution < -0.4 is 10.2 Å². The molecule has 0 saturated carbocycles. The van der Waals surface area contributed by atoms with Crippen molar-refractivity contribution in [2.75, 3.05) is 37.6 Å². The fourth-order valence-electron chi connectivity index (χ4n) is 4.16. The Morgan fingerprint density at radius 2 is 1.69 bits per heavy atom. The van der Waals surface area contributed by atoms with Gasteiger partial charge in [0, 0.05) is 36.9 Å². The van der Waals surface area contributed by atoms with Crippen LogP contribution in [0.15, 0.2) is 18.2 Å². The number of anilines is 1. The number of nitrogens with one attached hydrogen (secondary N) is 1. The molecule has 144 valence electrons. The molecule has 1 aromatic rings.